The van der Waals surface area contributed by atoms with Crippen LogP contribution < -0.4 is 10.6 Å². The molecule has 0 saturated carbocycles. The summed E-state index contributed by atoms with van der Waals surface area (Å²) in [6.45, 7) is 0.742. The zero-order valence-corrected chi connectivity index (χ0v) is 13.9. The molecular weight excluding hydrogens is 328 g/mol. The number of amides is 1. The van der Waals surface area contributed by atoms with Crippen LogP contribution in [0.15, 0.2) is 40.9 Å². The molecule has 0 aliphatic carbocycles. The summed E-state index contributed by atoms with van der Waals surface area (Å²) in [4.78, 5) is 23.9. The number of carbonyl (C=O) groups is 1. The Morgan fingerprint density at radius 2 is 2.17 bits per heavy atom. The van der Waals surface area contributed by atoms with Crippen molar-refractivity contribution in [1.82, 2.24) is 9.97 Å². The molecule has 0 unspecified atom stereocenters. The first-order chi connectivity index (χ1) is 11.2. The van der Waals surface area contributed by atoms with E-state index in [1.807, 2.05) is 34.5 Å². The van der Waals surface area contributed by atoms with E-state index < -0.39 is 0 Å². The summed E-state index contributed by atoms with van der Waals surface area (Å²) in [6.07, 6.45) is 0.914. The van der Waals surface area contributed by atoms with Crippen LogP contribution in [-0.2, 0) is 11.2 Å². The largest absolute Gasteiger partial charge is 0.383 e. The van der Waals surface area contributed by atoms with Gasteiger partial charge in [-0.15, -0.1) is 11.3 Å². The molecule has 7 heteroatoms. The van der Waals surface area contributed by atoms with Crippen molar-refractivity contribution in [2.24, 2.45) is 0 Å². The number of benzene rings is 1. The molecule has 0 saturated heterocycles. The third-order valence-electron chi connectivity index (χ3n) is 3.85. The standard InChI is InChI=1S/C16H14N4OS2/c17-14-11-6-8-22-15(11)19-16(18-14)23-9-13(21)20-7-5-10-3-1-2-4-12(10)20/h1-4,6,8H,5,7,9H2,(H2,17,18,19). The zero-order valence-electron chi connectivity index (χ0n) is 12.2. The molecule has 2 N–H and O–H groups in total. The molecule has 0 spiro atoms. The Bertz CT molecular complexity index is 893. The van der Waals surface area contributed by atoms with Gasteiger partial charge in [-0.25, -0.2) is 9.97 Å². The maximum atomic E-state index is 12.5. The van der Waals surface area contributed by atoms with Gasteiger partial charge < -0.3 is 10.6 Å². The molecular formula is C16H14N4OS2. The lowest BCUT2D eigenvalue weighted by molar-refractivity contribution is -0.116. The number of fused-ring (bicyclic) bond motifs is 2. The number of hydrogen-bond donors (Lipinski definition) is 1. The predicted molar refractivity (Wildman–Crippen MR) is 95.1 cm³/mol. The molecule has 2 aromatic heterocycles. The highest BCUT2D eigenvalue weighted by atomic mass is 32.2. The van der Waals surface area contributed by atoms with Crippen LogP contribution in [0.4, 0.5) is 11.5 Å². The lowest BCUT2D eigenvalue weighted by atomic mass is 10.2. The van der Waals surface area contributed by atoms with Crippen LogP contribution >= 0.6 is 23.1 Å². The van der Waals surface area contributed by atoms with Crippen LogP contribution in [0.3, 0.4) is 0 Å². The van der Waals surface area contributed by atoms with E-state index in [0.717, 1.165) is 28.9 Å². The van der Waals surface area contributed by atoms with Gasteiger partial charge in [0.1, 0.15) is 10.6 Å². The Labute approximate surface area is 141 Å². The summed E-state index contributed by atoms with van der Waals surface area (Å²) in [6, 6.07) is 9.96. The smallest absolute Gasteiger partial charge is 0.237 e. The summed E-state index contributed by atoms with van der Waals surface area (Å²) in [5.74, 6) is 0.858. The average Bonchev–Trinajstić information content (AvgIpc) is 3.19. The Morgan fingerprint density at radius 1 is 1.30 bits per heavy atom. The first kappa shape index (κ1) is 14.5. The Balaban J connectivity index is 1.49. The van der Waals surface area contributed by atoms with E-state index in [0.29, 0.717) is 16.7 Å². The number of carbonyl (C=O) groups excluding carboxylic acids is 1. The minimum Gasteiger partial charge on any atom is -0.383 e. The Hall–Kier alpha value is -2.12. The normalized spacial score (nSPS) is 13.5. The van der Waals surface area contributed by atoms with Crippen LogP contribution in [0.5, 0.6) is 0 Å². The number of anilines is 2. The van der Waals surface area contributed by atoms with Crippen molar-refractivity contribution in [3.05, 3.63) is 41.3 Å². The van der Waals surface area contributed by atoms with Crippen molar-refractivity contribution in [2.75, 3.05) is 22.9 Å². The van der Waals surface area contributed by atoms with E-state index in [4.69, 9.17) is 5.73 Å². The third-order valence-corrected chi connectivity index (χ3v) is 5.49. The Morgan fingerprint density at radius 3 is 3.09 bits per heavy atom. The number of rotatable bonds is 3. The minimum absolute atomic E-state index is 0.0772. The van der Waals surface area contributed by atoms with Crippen LogP contribution in [-0.4, -0.2) is 28.2 Å². The van der Waals surface area contributed by atoms with Gasteiger partial charge in [-0.05, 0) is 29.5 Å². The maximum Gasteiger partial charge on any atom is 0.237 e. The van der Waals surface area contributed by atoms with Crippen molar-refractivity contribution in [2.45, 2.75) is 11.6 Å². The molecule has 3 aromatic rings. The van der Waals surface area contributed by atoms with Gasteiger partial charge >= 0.3 is 0 Å². The molecule has 116 valence electrons. The fourth-order valence-electron chi connectivity index (χ4n) is 2.72. The number of hydrogen-bond acceptors (Lipinski definition) is 6. The van der Waals surface area contributed by atoms with Crippen LogP contribution in [0.1, 0.15) is 5.56 Å². The molecule has 0 bridgehead atoms. The van der Waals surface area contributed by atoms with Gasteiger partial charge in [0.15, 0.2) is 5.16 Å². The average molecular weight is 342 g/mol. The molecule has 3 heterocycles. The quantitative estimate of drug-likeness (QED) is 0.585. The summed E-state index contributed by atoms with van der Waals surface area (Å²) >= 11 is 2.86. The highest BCUT2D eigenvalue weighted by Gasteiger charge is 2.24. The fourth-order valence-corrected chi connectivity index (χ4v) is 4.28. The molecule has 1 aliphatic rings. The second kappa shape index (κ2) is 5.82. The number of thioether (sulfide) groups is 1. The van der Waals surface area contributed by atoms with Crippen molar-refractivity contribution in [1.29, 1.82) is 0 Å². The van der Waals surface area contributed by atoms with Crippen molar-refractivity contribution < 1.29 is 4.79 Å². The molecule has 0 fully saturated rings. The number of nitrogens with zero attached hydrogens (tertiary/aromatic N) is 3. The Kier molecular flexibility index (Phi) is 3.66. The summed E-state index contributed by atoms with van der Waals surface area (Å²) in [5.41, 5.74) is 8.19. The van der Waals surface area contributed by atoms with Gasteiger partial charge in [0, 0.05) is 12.2 Å². The molecule has 23 heavy (non-hydrogen) atoms. The second-order valence-electron chi connectivity index (χ2n) is 5.24. The number of nitrogens with two attached hydrogens (primary N) is 1. The van der Waals surface area contributed by atoms with Crippen LogP contribution in [0.2, 0.25) is 0 Å². The molecule has 4 rings (SSSR count). The van der Waals surface area contributed by atoms with Gasteiger partial charge in [-0.3, -0.25) is 4.79 Å². The van der Waals surface area contributed by atoms with Crippen molar-refractivity contribution in [3.8, 4) is 0 Å². The number of nitrogen functional groups attached to an aromatic ring is 1. The molecule has 0 radical (unpaired) electrons. The molecule has 0 atom stereocenters. The molecule has 1 aliphatic heterocycles. The summed E-state index contributed by atoms with van der Waals surface area (Å²) in [5, 5.41) is 3.37. The van der Waals surface area contributed by atoms with Gasteiger partial charge in [0.05, 0.1) is 11.1 Å². The van der Waals surface area contributed by atoms with Crippen molar-refractivity contribution in [3.63, 3.8) is 0 Å². The van der Waals surface area contributed by atoms with E-state index in [9.17, 15) is 4.79 Å². The van der Waals surface area contributed by atoms with Gasteiger partial charge in [-0.2, -0.15) is 0 Å². The van der Waals surface area contributed by atoms with Crippen LogP contribution in [0.25, 0.3) is 10.2 Å². The molecule has 1 aromatic carbocycles. The highest BCUT2D eigenvalue weighted by Crippen LogP contribution is 2.29. The molecule has 1 amide bonds. The fraction of sp³-hybridized carbons (Fsp3) is 0.188. The first-order valence-electron chi connectivity index (χ1n) is 7.24. The summed E-state index contributed by atoms with van der Waals surface area (Å²) < 4.78 is 0. The SMILES string of the molecule is Nc1nc(SCC(=O)N2CCc3ccccc32)nc2sccc12. The second-order valence-corrected chi connectivity index (χ2v) is 7.08. The minimum atomic E-state index is 0.0772. The van der Waals surface area contributed by atoms with E-state index >= 15 is 0 Å². The van der Waals surface area contributed by atoms with Gasteiger partial charge in [0.25, 0.3) is 0 Å². The van der Waals surface area contributed by atoms with Crippen molar-refractivity contribution >= 4 is 50.7 Å². The summed E-state index contributed by atoms with van der Waals surface area (Å²) in [7, 11) is 0. The van der Waals surface area contributed by atoms with E-state index in [2.05, 4.69) is 16.0 Å². The van der Waals surface area contributed by atoms with E-state index in [-0.39, 0.29) is 5.91 Å². The zero-order chi connectivity index (χ0) is 15.8. The van der Waals surface area contributed by atoms with E-state index in [1.54, 1.807) is 0 Å². The predicted octanol–water partition coefficient (Wildman–Crippen LogP) is 2.95. The van der Waals surface area contributed by atoms with Gasteiger partial charge in [0.2, 0.25) is 5.91 Å². The maximum absolute atomic E-state index is 12.5. The highest BCUT2D eigenvalue weighted by molar-refractivity contribution is 7.99. The lowest BCUT2D eigenvalue weighted by Gasteiger charge is -2.16. The topological polar surface area (TPSA) is 72.1 Å². The first-order valence-corrected chi connectivity index (χ1v) is 9.11. The third kappa shape index (κ3) is 2.66. The number of aromatic nitrogens is 2. The van der Waals surface area contributed by atoms with Crippen LogP contribution in [0, 0.1) is 0 Å². The number of para-hydroxylation sites is 1. The molecule has 5 nitrogen and oxygen atoms in total. The monoisotopic (exact) mass is 342 g/mol. The van der Waals surface area contributed by atoms with Gasteiger partial charge in [-0.1, -0.05) is 30.0 Å². The lowest BCUT2D eigenvalue weighted by Crippen LogP contribution is -2.30. The van der Waals surface area contributed by atoms with E-state index in [1.165, 1.54) is 28.7 Å². The number of thiophene rings is 1.